The summed E-state index contributed by atoms with van der Waals surface area (Å²) >= 11 is 0. The third-order valence-electron chi connectivity index (χ3n) is 3.05. The van der Waals surface area contributed by atoms with Crippen molar-refractivity contribution in [3.05, 3.63) is 35.9 Å². The van der Waals surface area contributed by atoms with Gasteiger partial charge in [0.25, 0.3) is 0 Å². The largest absolute Gasteiger partial charge is 1.00 e. The summed E-state index contributed by atoms with van der Waals surface area (Å²) in [7, 11) is -0.542. The van der Waals surface area contributed by atoms with Crippen molar-refractivity contribution in [2.24, 2.45) is 0 Å². The van der Waals surface area contributed by atoms with Gasteiger partial charge in [-0.2, -0.15) is 0 Å². The first-order valence-electron chi connectivity index (χ1n) is 5.16. The molecule has 0 spiro atoms. The second-order valence-electron chi connectivity index (χ2n) is 4.42. The van der Waals surface area contributed by atoms with Crippen LogP contribution in [-0.2, 0) is 6.16 Å². The van der Waals surface area contributed by atoms with Crippen LogP contribution >= 0.6 is 7.26 Å². The van der Waals surface area contributed by atoms with Crippen LogP contribution in [0.1, 0.15) is 18.4 Å². The fourth-order valence-electron chi connectivity index (χ4n) is 2.28. The van der Waals surface area contributed by atoms with Crippen LogP contribution in [0.3, 0.4) is 0 Å². The van der Waals surface area contributed by atoms with E-state index in [1.54, 1.807) is 5.56 Å². The van der Waals surface area contributed by atoms with Gasteiger partial charge in [-0.3, -0.25) is 0 Å². The van der Waals surface area contributed by atoms with Crippen LogP contribution in [0.25, 0.3) is 0 Å². The first kappa shape index (κ1) is 12.0. The van der Waals surface area contributed by atoms with Gasteiger partial charge in [0.1, 0.15) is 0 Å². The molecule has 0 nitrogen and oxygen atoms in total. The van der Waals surface area contributed by atoms with Crippen molar-refractivity contribution >= 4 is 7.26 Å². The maximum absolute atomic E-state index is 2.55. The van der Waals surface area contributed by atoms with E-state index >= 15 is 0 Å². The molecule has 0 N–H and O–H groups in total. The lowest BCUT2D eigenvalue weighted by Crippen LogP contribution is -3.00. The zero-order chi connectivity index (χ0) is 9.15. The predicted molar refractivity (Wildman–Crippen MR) is 62.0 cm³/mol. The molecule has 0 atom stereocenters. The lowest BCUT2D eigenvalue weighted by atomic mass is 10.2. The van der Waals surface area contributed by atoms with E-state index in [-0.39, 0.29) is 12.4 Å². The lowest BCUT2D eigenvalue weighted by Gasteiger charge is -2.16. The molecule has 78 valence electrons. The molecule has 0 radical (unpaired) electrons. The van der Waals surface area contributed by atoms with Crippen molar-refractivity contribution in [1.82, 2.24) is 0 Å². The minimum Gasteiger partial charge on any atom is -1.00 e. The van der Waals surface area contributed by atoms with Gasteiger partial charge in [0.05, 0.1) is 18.5 Å². The molecule has 14 heavy (non-hydrogen) atoms. The van der Waals surface area contributed by atoms with Crippen molar-refractivity contribution in [3.8, 4) is 0 Å². The number of halogens is 1. The van der Waals surface area contributed by atoms with Gasteiger partial charge in [-0.25, -0.2) is 0 Å². The summed E-state index contributed by atoms with van der Waals surface area (Å²) in [5.41, 5.74) is 1.56. The molecule has 1 aliphatic heterocycles. The summed E-state index contributed by atoms with van der Waals surface area (Å²) in [6, 6.07) is 11.0. The maximum atomic E-state index is 2.55. The zero-order valence-corrected chi connectivity index (χ0v) is 10.4. The molecular formula is C12H18ClP. The minimum atomic E-state index is -0.542. The van der Waals surface area contributed by atoms with Gasteiger partial charge in [-0.1, -0.05) is 30.3 Å². The highest BCUT2D eigenvalue weighted by atomic mass is 35.5. The van der Waals surface area contributed by atoms with Crippen LogP contribution in [0.2, 0.25) is 0 Å². The second-order valence-corrected chi connectivity index (χ2v) is 8.87. The van der Waals surface area contributed by atoms with Crippen LogP contribution in [0.15, 0.2) is 30.3 Å². The van der Waals surface area contributed by atoms with Gasteiger partial charge in [-0.15, -0.1) is 0 Å². The molecule has 0 amide bonds. The Hall–Kier alpha value is -0.0600. The number of rotatable bonds is 2. The van der Waals surface area contributed by atoms with Crippen LogP contribution in [0.4, 0.5) is 0 Å². The van der Waals surface area contributed by atoms with Crippen molar-refractivity contribution in [2.75, 3.05) is 19.0 Å². The predicted octanol–water partition coefficient (Wildman–Crippen LogP) is 0.632. The topological polar surface area (TPSA) is 0 Å². The van der Waals surface area contributed by atoms with E-state index in [0.29, 0.717) is 0 Å². The number of hydrogen-bond donors (Lipinski definition) is 0. The summed E-state index contributed by atoms with van der Waals surface area (Å²) in [5, 5.41) is 0. The third-order valence-corrected chi connectivity index (χ3v) is 6.97. The molecule has 2 heteroatoms. The Labute approximate surface area is 93.9 Å². The first-order chi connectivity index (χ1) is 6.29. The molecule has 1 aromatic rings. The van der Waals surface area contributed by atoms with E-state index in [0.717, 1.165) is 0 Å². The average Bonchev–Trinajstić information content (AvgIpc) is 2.54. The normalized spacial score (nSPS) is 18.9. The van der Waals surface area contributed by atoms with Crippen molar-refractivity contribution in [1.29, 1.82) is 0 Å². The van der Waals surface area contributed by atoms with Gasteiger partial charge in [0, 0.05) is 13.9 Å². The van der Waals surface area contributed by atoms with Gasteiger partial charge in [-0.05, 0) is 18.4 Å². The SMILES string of the molecule is C[P+]1(Cc2ccccc2)CCCC1.[Cl-]. The maximum Gasteiger partial charge on any atom is 0.0840 e. The molecule has 1 fully saturated rings. The Morgan fingerprint density at radius 3 is 2.21 bits per heavy atom. The van der Waals surface area contributed by atoms with Crippen LogP contribution in [-0.4, -0.2) is 19.0 Å². The van der Waals surface area contributed by atoms with E-state index in [4.69, 9.17) is 0 Å². The molecule has 0 aliphatic carbocycles. The Kier molecular flexibility index (Phi) is 4.41. The highest BCUT2D eigenvalue weighted by Crippen LogP contribution is 2.62. The summed E-state index contributed by atoms with van der Waals surface area (Å²) < 4.78 is 0. The van der Waals surface area contributed by atoms with Gasteiger partial charge >= 0.3 is 0 Å². The zero-order valence-electron chi connectivity index (χ0n) is 8.75. The van der Waals surface area contributed by atoms with Crippen LogP contribution in [0, 0.1) is 0 Å². The number of hydrogen-bond acceptors (Lipinski definition) is 0. The van der Waals surface area contributed by atoms with Crippen molar-refractivity contribution < 1.29 is 12.4 Å². The molecule has 1 saturated heterocycles. The molecular weight excluding hydrogens is 211 g/mol. The fraction of sp³-hybridized carbons (Fsp3) is 0.500. The van der Waals surface area contributed by atoms with Gasteiger partial charge in [0.2, 0.25) is 0 Å². The number of benzene rings is 1. The molecule has 1 aromatic carbocycles. The molecule has 1 aliphatic rings. The van der Waals surface area contributed by atoms with Crippen LogP contribution < -0.4 is 12.4 Å². The Balaban J connectivity index is 0.000000980. The monoisotopic (exact) mass is 228 g/mol. The van der Waals surface area contributed by atoms with Crippen molar-refractivity contribution in [3.63, 3.8) is 0 Å². The quantitative estimate of drug-likeness (QED) is 0.652. The second kappa shape index (κ2) is 5.14. The molecule has 0 saturated carbocycles. The van der Waals surface area contributed by atoms with Crippen molar-refractivity contribution in [2.45, 2.75) is 19.0 Å². The molecule has 0 aromatic heterocycles. The summed E-state index contributed by atoms with van der Waals surface area (Å²) in [5.74, 6) is 0. The minimum absolute atomic E-state index is 0. The summed E-state index contributed by atoms with van der Waals surface area (Å²) in [4.78, 5) is 0. The van der Waals surface area contributed by atoms with Crippen LogP contribution in [0.5, 0.6) is 0 Å². The Morgan fingerprint density at radius 1 is 1.07 bits per heavy atom. The van der Waals surface area contributed by atoms with E-state index < -0.39 is 7.26 Å². The molecule has 1 heterocycles. The Bertz CT molecular complexity index is 265. The van der Waals surface area contributed by atoms with E-state index in [1.807, 2.05) is 0 Å². The summed E-state index contributed by atoms with van der Waals surface area (Å²) in [6.45, 7) is 2.55. The standard InChI is InChI=1S/C12H18P.ClH/c1-13(9-5-6-10-13)11-12-7-3-2-4-8-12;/h2-4,7-8H,5-6,9-11H2,1H3;1H/q+1;/p-1. The van der Waals surface area contributed by atoms with E-state index in [2.05, 4.69) is 37.0 Å². The van der Waals surface area contributed by atoms with Gasteiger partial charge in [0.15, 0.2) is 0 Å². The molecule has 0 bridgehead atoms. The van der Waals surface area contributed by atoms with Gasteiger partial charge < -0.3 is 12.4 Å². The average molecular weight is 229 g/mol. The highest BCUT2D eigenvalue weighted by Gasteiger charge is 2.35. The van der Waals surface area contributed by atoms with E-state index in [9.17, 15) is 0 Å². The first-order valence-corrected chi connectivity index (χ1v) is 7.95. The highest BCUT2D eigenvalue weighted by molar-refractivity contribution is 7.74. The fourth-order valence-corrected chi connectivity index (χ4v) is 5.89. The Morgan fingerprint density at radius 2 is 1.64 bits per heavy atom. The smallest absolute Gasteiger partial charge is 0.0840 e. The third kappa shape index (κ3) is 2.97. The lowest BCUT2D eigenvalue weighted by molar-refractivity contribution is -0.00000286. The summed E-state index contributed by atoms with van der Waals surface area (Å²) in [6.07, 6.45) is 7.41. The van der Waals surface area contributed by atoms with E-state index in [1.165, 1.54) is 31.3 Å². The molecule has 0 unspecified atom stereocenters. The molecule has 2 rings (SSSR count).